The van der Waals surface area contributed by atoms with Crippen LogP contribution in [-0.2, 0) is 10.8 Å². The van der Waals surface area contributed by atoms with Crippen LogP contribution in [0.25, 0.3) is 157 Å². The zero-order chi connectivity index (χ0) is 61.7. The highest BCUT2D eigenvalue weighted by atomic mass is 16.3. The molecule has 5 aromatic heterocycles. The Bertz CT molecular complexity index is 5090. The van der Waals surface area contributed by atoms with Gasteiger partial charge in [0.2, 0.25) is 0 Å². The van der Waals surface area contributed by atoms with Crippen molar-refractivity contribution in [3.63, 3.8) is 0 Å². The van der Waals surface area contributed by atoms with Crippen molar-refractivity contribution >= 4 is 43.9 Å². The Kier molecular flexibility index (Phi) is 12.7. The zero-order valence-corrected chi connectivity index (χ0v) is 50.9. The lowest BCUT2D eigenvalue weighted by Crippen LogP contribution is -2.15. The van der Waals surface area contributed by atoms with Gasteiger partial charge in [-0.15, -0.1) is 0 Å². The molecule has 5 heterocycles. The zero-order valence-electron chi connectivity index (χ0n) is 50.9. The summed E-state index contributed by atoms with van der Waals surface area (Å²) in [6, 6.07) is 92.0. The minimum atomic E-state index is -0.135. The van der Waals surface area contributed by atoms with Crippen molar-refractivity contribution in [1.82, 2.24) is 34.9 Å². The minimum Gasteiger partial charge on any atom is -0.456 e. The molecule has 2 aliphatic rings. The maximum Gasteiger partial charge on any atom is 0.182 e. The molecule has 0 spiro atoms. The molecule has 436 valence electrons. The number of aromatic nitrogens is 7. The van der Waals surface area contributed by atoms with Crippen molar-refractivity contribution in [1.29, 1.82) is 0 Å². The molecule has 11 aromatic carbocycles. The topological polar surface area (TPSA) is 117 Å². The second kappa shape index (κ2) is 21.5. The largest absolute Gasteiger partial charge is 0.456 e. The number of rotatable bonds is 8. The number of fused-ring (bicyclic) bond motifs is 14. The molecule has 9 nitrogen and oxygen atoms in total. The third kappa shape index (κ3) is 9.11. The maximum absolute atomic E-state index is 6.70. The molecule has 2 aliphatic carbocycles. The third-order valence-corrected chi connectivity index (χ3v) is 18.5. The van der Waals surface area contributed by atoms with Gasteiger partial charge in [-0.1, -0.05) is 246 Å². The van der Waals surface area contributed by atoms with Gasteiger partial charge in [0, 0.05) is 77.5 Å². The fraction of sp³-hybridized carbons (Fsp3) is 0.0723. The summed E-state index contributed by atoms with van der Waals surface area (Å²) in [5, 5.41) is 4.58. The van der Waals surface area contributed by atoms with Gasteiger partial charge in [-0.3, -0.25) is 4.98 Å². The first-order valence-corrected chi connectivity index (χ1v) is 31.1. The molecule has 18 rings (SSSR count). The second-order valence-corrected chi connectivity index (χ2v) is 24.8. The standard InChI is InChI=1S/C42H29N3O.C41H28N4O/c1-42(2)35-16-10-9-15-31(35)33-23-24-34-32-22-21-30(25-36(32)46-38(34)37(33)42)26-17-19-29(20-18-26)41-44-39(27-11-5-3-6-12-27)43-40(45-41)28-13-7-4-8-14-28;1-41(2)33-13-7-6-12-29(33)31-21-22-32-30-20-19-28(24-35(30)46-37(32)36(31)41)25-15-17-27(18-16-25)39-43-38(26-10-4-3-5-11-26)44-40(45-39)34-14-8-9-23-42-34/h3-25H,1-2H3;3-24H,1-2H3. The fourth-order valence-electron chi connectivity index (χ4n) is 13.9. The Balaban J connectivity index is 0.000000141. The van der Waals surface area contributed by atoms with Gasteiger partial charge in [-0.05, 0) is 104 Å². The summed E-state index contributed by atoms with van der Waals surface area (Å²) in [6.45, 7) is 9.20. The van der Waals surface area contributed by atoms with Crippen LogP contribution >= 0.6 is 0 Å². The van der Waals surface area contributed by atoms with Gasteiger partial charge in [-0.2, -0.15) is 0 Å². The van der Waals surface area contributed by atoms with E-state index in [0.29, 0.717) is 40.6 Å². The van der Waals surface area contributed by atoms with Gasteiger partial charge in [0.25, 0.3) is 0 Å². The summed E-state index contributed by atoms with van der Waals surface area (Å²) in [5.41, 5.74) is 23.6. The van der Waals surface area contributed by atoms with Crippen LogP contribution in [0, 0.1) is 0 Å². The van der Waals surface area contributed by atoms with E-state index in [0.717, 1.165) is 93.9 Å². The van der Waals surface area contributed by atoms with Gasteiger partial charge in [0.1, 0.15) is 28.0 Å². The predicted molar refractivity (Wildman–Crippen MR) is 371 cm³/mol. The smallest absolute Gasteiger partial charge is 0.182 e. The summed E-state index contributed by atoms with van der Waals surface area (Å²) in [6.07, 6.45) is 1.75. The second-order valence-electron chi connectivity index (χ2n) is 24.8. The van der Waals surface area contributed by atoms with Crippen molar-refractivity contribution in [2.45, 2.75) is 38.5 Å². The Hall–Kier alpha value is -11.8. The number of nitrogens with zero attached hydrogens (tertiary/aromatic N) is 7. The Labute approximate surface area is 531 Å². The van der Waals surface area contributed by atoms with E-state index in [-0.39, 0.29) is 10.8 Å². The monoisotopic (exact) mass is 1180 g/mol. The highest BCUT2D eigenvalue weighted by Gasteiger charge is 2.40. The molecule has 0 aliphatic heterocycles. The van der Waals surface area contributed by atoms with Crippen LogP contribution in [0.5, 0.6) is 0 Å². The lowest BCUT2D eigenvalue weighted by Gasteiger charge is -2.21. The molecule has 0 fully saturated rings. The molecule has 9 heteroatoms. The van der Waals surface area contributed by atoms with E-state index in [9.17, 15) is 0 Å². The SMILES string of the molecule is CC1(C)c2ccccc2-c2ccc3c(oc4cc(-c5ccc(-c6nc(-c7ccccc7)nc(-c7ccccc7)n6)cc5)ccc43)c21.CC1(C)c2ccccc2-c2ccc3c(oc4cc(-c5ccc(-c6nc(-c7ccccc7)nc(-c7ccccn7)n6)cc5)ccc43)c21. The van der Waals surface area contributed by atoms with Gasteiger partial charge in [0.05, 0.1) is 0 Å². The van der Waals surface area contributed by atoms with Crippen molar-refractivity contribution in [2.24, 2.45) is 0 Å². The van der Waals surface area contributed by atoms with Crippen LogP contribution in [0.15, 0.2) is 282 Å². The van der Waals surface area contributed by atoms with Crippen molar-refractivity contribution in [3.05, 3.63) is 295 Å². The van der Waals surface area contributed by atoms with Gasteiger partial charge < -0.3 is 8.83 Å². The number of hydrogen-bond acceptors (Lipinski definition) is 9. The molecule has 0 saturated carbocycles. The number of furan rings is 2. The number of benzene rings is 11. The summed E-state index contributed by atoms with van der Waals surface area (Å²) in [5.74, 6) is 3.71. The summed E-state index contributed by atoms with van der Waals surface area (Å²) in [7, 11) is 0. The quantitative estimate of drug-likeness (QED) is 0.147. The first-order valence-electron chi connectivity index (χ1n) is 31.1. The first kappa shape index (κ1) is 54.4. The van der Waals surface area contributed by atoms with E-state index in [1.165, 1.54) is 44.5 Å². The average molecular weight is 1180 g/mol. The summed E-state index contributed by atoms with van der Waals surface area (Å²) in [4.78, 5) is 33.5. The molecule has 16 aromatic rings. The van der Waals surface area contributed by atoms with Crippen LogP contribution in [-0.4, -0.2) is 34.9 Å². The molecule has 0 bridgehead atoms. The average Bonchev–Trinajstić information content (AvgIpc) is 1.56. The van der Waals surface area contributed by atoms with Crippen LogP contribution in [0.2, 0.25) is 0 Å². The van der Waals surface area contributed by atoms with E-state index in [1.807, 2.05) is 109 Å². The van der Waals surface area contributed by atoms with E-state index >= 15 is 0 Å². The molecule has 0 unspecified atom stereocenters. The van der Waals surface area contributed by atoms with Gasteiger partial charge >= 0.3 is 0 Å². The highest BCUT2D eigenvalue weighted by molar-refractivity contribution is 6.11. The lowest BCUT2D eigenvalue weighted by molar-refractivity contribution is 0.619. The summed E-state index contributed by atoms with van der Waals surface area (Å²) < 4.78 is 13.4. The molecule has 0 saturated heterocycles. The van der Waals surface area contributed by atoms with Gasteiger partial charge in [0.15, 0.2) is 34.9 Å². The van der Waals surface area contributed by atoms with Crippen LogP contribution in [0.4, 0.5) is 0 Å². The van der Waals surface area contributed by atoms with Crippen LogP contribution in [0.3, 0.4) is 0 Å². The number of hydrogen-bond donors (Lipinski definition) is 0. The van der Waals surface area contributed by atoms with Crippen molar-refractivity contribution in [2.75, 3.05) is 0 Å². The van der Waals surface area contributed by atoms with Crippen LogP contribution < -0.4 is 0 Å². The maximum atomic E-state index is 6.70. The molecular weight excluding hydrogens is 1130 g/mol. The van der Waals surface area contributed by atoms with Gasteiger partial charge in [-0.25, -0.2) is 29.9 Å². The molecule has 0 N–H and O–H groups in total. The lowest BCUT2D eigenvalue weighted by atomic mass is 9.82. The Morgan fingerprint density at radius 2 is 0.587 bits per heavy atom. The molecule has 0 atom stereocenters. The third-order valence-electron chi connectivity index (χ3n) is 18.5. The number of pyridine rings is 1. The minimum absolute atomic E-state index is 0.131. The van der Waals surface area contributed by atoms with Crippen molar-refractivity contribution in [3.8, 4) is 113 Å². The predicted octanol–water partition coefficient (Wildman–Crippen LogP) is 20.9. The molecular formula is C83H57N7O2. The molecule has 92 heavy (non-hydrogen) atoms. The normalized spacial score (nSPS) is 13.2. The molecule has 0 amide bonds. The van der Waals surface area contributed by atoms with E-state index in [2.05, 4.69) is 190 Å². The van der Waals surface area contributed by atoms with Crippen LogP contribution in [0.1, 0.15) is 49.9 Å². The highest BCUT2D eigenvalue weighted by Crippen LogP contribution is 2.54. The molecule has 0 radical (unpaired) electrons. The van der Waals surface area contributed by atoms with E-state index in [4.69, 9.17) is 38.7 Å². The Morgan fingerprint density at radius 1 is 0.261 bits per heavy atom. The summed E-state index contributed by atoms with van der Waals surface area (Å²) >= 11 is 0. The Morgan fingerprint density at radius 3 is 0.978 bits per heavy atom. The first-order chi connectivity index (χ1) is 45.1. The van der Waals surface area contributed by atoms with E-state index < -0.39 is 0 Å². The van der Waals surface area contributed by atoms with E-state index in [1.54, 1.807) is 6.20 Å². The van der Waals surface area contributed by atoms with Crippen molar-refractivity contribution < 1.29 is 8.83 Å². The fourth-order valence-corrected chi connectivity index (χ4v) is 13.9.